The molecule has 3 aromatic rings. The van der Waals surface area contributed by atoms with E-state index in [0.29, 0.717) is 11.8 Å². The van der Waals surface area contributed by atoms with E-state index in [4.69, 9.17) is 4.98 Å². The summed E-state index contributed by atoms with van der Waals surface area (Å²) in [5, 5.41) is 5.72. The molecule has 1 aromatic carbocycles. The molecular weight excluding hydrogens is 362 g/mol. The molecule has 0 bridgehead atoms. The van der Waals surface area contributed by atoms with E-state index >= 15 is 0 Å². The molecule has 6 nitrogen and oxygen atoms in total. The van der Waals surface area contributed by atoms with Crippen molar-refractivity contribution < 1.29 is 4.79 Å². The van der Waals surface area contributed by atoms with Crippen molar-refractivity contribution in [2.75, 3.05) is 31.1 Å². The van der Waals surface area contributed by atoms with E-state index in [0.717, 1.165) is 60.7 Å². The van der Waals surface area contributed by atoms with Gasteiger partial charge in [-0.05, 0) is 37.8 Å². The highest BCUT2D eigenvalue weighted by Gasteiger charge is 2.26. The van der Waals surface area contributed by atoms with Crippen LogP contribution in [0.15, 0.2) is 30.3 Å². The van der Waals surface area contributed by atoms with Crippen molar-refractivity contribution in [2.45, 2.75) is 45.4 Å². The third kappa shape index (κ3) is 3.56. The van der Waals surface area contributed by atoms with Crippen LogP contribution < -0.4 is 4.90 Å². The zero-order valence-electron chi connectivity index (χ0n) is 17.2. The van der Waals surface area contributed by atoms with E-state index in [1.807, 2.05) is 23.6 Å². The molecule has 2 aliphatic rings. The third-order valence-electron chi connectivity index (χ3n) is 6.53. The number of rotatable bonds is 3. The Balaban J connectivity index is 1.34. The third-order valence-corrected chi connectivity index (χ3v) is 6.53. The highest BCUT2D eigenvalue weighted by atomic mass is 16.2. The molecule has 5 rings (SSSR count). The Hall–Kier alpha value is -2.63. The molecule has 1 aliphatic heterocycles. The second kappa shape index (κ2) is 7.65. The van der Waals surface area contributed by atoms with Gasteiger partial charge >= 0.3 is 0 Å². The number of aromatic nitrogens is 3. The normalized spacial score (nSPS) is 18.7. The van der Waals surface area contributed by atoms with Crippen molar-refractivity contribution in [1.29, 1.82) is 0 Å². The number of fused-ring (bicyclic) bond motifs is 3. The fourth-order valence-corrected chi connectivity index (χ4v) is 4.93. The molecule has 1 saturated heterocycles. The number of amides is 1. The van der Waals surface area contributed by atoms with Crippen LogP contribution in [0.5, 0.6) is 0 Å². The quantitative estimate of drug-likeness (QED) is 0.681. The summed E-state index contributed by atoms with van der Waals surface area (Å²) in [7, 11) is 0. The average Bonchev–Trinajstić information content (AvgIpc) is 3.14. The number of carbonyl (C=O) groups excluding carboxylic acids is 1. The summed E-state index contributed by atoms with van der Waals surface area (Å²) in [4.78, 5) is 22.1. The molecule has 0 N–H and O–H groups in total. The first-order valence-electron chi connectivity index (χ1n) is 11.0. The minimum absolute atomic E-state index is 0.344. The zero-order valence-corrected chi connectivity index (χ0v) is 17.2. The number of piperazine rings is 1. The van der Waals surface area contributed by atoms with E-state index in [1.165, 1.54) is 32.1 Å². The fourth-order valence-electron chi connectivity index (χ4n) is 4.93. The lowest BCUT2D eigenvalue weighted by molar-refractivity contribution is -0.132. The number of para-hydroxylation sites is 1. The van der Waals surface area contributed by atoms with Gasteiger partial charge in [0.1, 0.15) is 5.82 Å². The molecule has 29 heavy (non-hydrogen) atoms. The first-order chi connectivity index (χ1) is 14.2. The standard InChI is InChI=1S/C23H29N5O/c1-17-15-21-24-23(19-9-5-6-10-20(19)28(21)25-17)27-13-11-26(12-14-27)22(29)16-18-7-3-2-4-8-18/h5-6,9-10,15,18H,2-4,7-8,11-14,16H2,1H3. The molecule has 1 amide bonds. The Morgan fingerprint density at radius 1 is 1.07 bits per heavy atom. The number of anilines is 1. The van der Waals surface area contributed by atoms with E-state index in [1.54, 1.807) is 0 Å². The Bertz CT molecular complexity index is 1030. The first-order valence-corrected chi connectivity index (χ1v) is 11.0. The van der Waals surface area contributed by atoms with Crippen LogP contribution >= 0.6 is 0 Å². The number of carbonyl (C=O) groups is 1. The van der Waals surface area contributed by atoms with Crippen LogP contribution in [0, 0.1) is 12.8 Å². The highest BCUT2D eigenvalue weighted by Crippen LogP contribution is 2.29. The van der Waals surface area contributed by atoms with E-state index < -0.39 is 0 Å². The summed E-state index contributed by atoms with van der Waals surface area (Å²) in [6, 6.07) is 10.3. The van der Waals surface area contributed by atoms with Crippen LogP contribution in [0.2, 0.25) is 0 Å². The van der Waals surface area contributed by atoms with E-state index in [2.05, 4.69) is 33.1 Å². The minimum atomic E-state index is 0.344. The van der Waals surface area contributed by atoms with Crippen molar-refractivity contribution in [1.82, 2.24) is 19.5 Å². The molecular formula is C23H29N5O. The summed E-state index contributed by atoms with van der Waals surface area (Å²) in [6.07, 6.45) is 7.12. The maximum Gasteiger partial charge on any atom is 0.222 e. The summed E-state index contributed by atoms with van der Waals surface area (Å²) in [5.41, 5.74) is 2.93. The number of nitrogens with zero attached hydrogens (tertiary/aromatic N) is 5. The molecule has 0 radical (unpaired) electrons. The predicted molar refractivity (Wildman–Crippen MR) is 115 cm³/mol. The zero-order chi connectivity index (χ0) is 19.8. The molecule has 3 heterocycles. The van der Waals surface area contributed by atoms with Gasteiger partial charge in [-0.15, -0.1) is 0 Å². The molecule has 2 aromatic heterocycles. The Kier molecular flexibility index (Phi) is 4.86. The van der Waals surface area contributed by atoms with Gasteiger partial charge in [0.05, 0.1) is 11.2 Å². The minimum Gasteiger partial charge on any atom is -0.352 e. The molecule has 152 valence electrons. The lowest BCUT2D eigenvalue weighted by Crippen LogP contribution is -2.49. The maximum absolute atomic E-state index is 12.8. The molecule has 0 unspecified atom stereocenters. The highest BCUT2D eigenvalue weighted by molar-refractivity contribution is 5.92. The van der Waals surface area contributed by atoms with Gasteiger partial charge in [0.25, 0.3) is 0 Å². The second-order valence-corrected chi connectivity index (χ2v) is 8.58. The molecule has 1 saturated carbocycles. The van der Waals surface area contributed by atoms with Crippen LogP contribution in [-0.2, 0) is 4.79 Å². The largest absolute Gasteiger partial charge is 0.352 e. The van der Waals surface area contributed by atoms with Gasteiger partial charge in [-0.2, -0.15) is 5.10 Å². The van der Waals surface area contributed by atoms with Crippen LogP contribution in [0.25, 0.3) is 16.6 Å². The number of hydrogen-bond donors (Lipinski definition) is 0. The number of benzene rings is 1. The fraction of sp³-hybridized carbons (Fsp3) is 0.522. The summed E-state index contributed by atoms with van der Waals surface area (Å²) in [6.45, 7) is 5.23. The average molecular weight is 392 g/mol. The maximum atomic E-state index is 12.8. The van der Waals surface area contributed by atoms with Crippen molar-refractivity contribution in [3.05, 3.63) is 36.0 Å². The SMILES string of the molecule is Cc1cc2nc(N3CCN(C(=O)CC4CCCCC4)CC3)c3ccccc3n2n1. The van der Waals surface area contributed by atoms with Gasteiger partial charge in [-0.1, -0.05) is 31.4 Å². The van der Waals surface area contributed by atoms with Crippen LogP contribution in [0.4, 0.5) is 5.82 Å². The Labute approximate surface area is 171 Å². The molecule has 0 spiro atoms. The van der Waals surface area contributed by atoms with Gasteiger partial charge in [0.15, 0.2) is 5.65 Å². The van der Waals surface area contributed by atoms with Gasteiger partial charge in [-0.3, -0.25) is 4.79 Å². The van der Waals surface area contributed by atoms with Crippen molar-refractivity contribution in [2.24, 2.45) is 5.92 Å². The summed E-state index contributed by atoms with van der Waals surface area (Å²) >= 11 is 0. The van der Waals surface area contributed by atoms with Gasteiger partial charge < -0.3 is 9.80 Å². The first kappa shape index (κ1) is 18.4. The van der Waals surface area contributed by atoms with Crippen LogP contribution in [0.1, 0.15) is 44.2 Å². The lowest BCUT2D eigenvalue weighted by atomic mass is 9.86. The van der Waals surface area contributed by atoms with Gasteiger partial charge in [-0.25, -0.2) is 9.50 Å². The number of hydrogen-bond acceptors (Lipinski definition) is 4. The Morgan fingerprint density at radius 3 is 2.62 bits per heavy atom. The molecule has 2 fully saturated rings. The van der Waals surface area contributed by atoms with Gasteiger partial charge in [0, 0.05) is 44.1 Å². The lowest BCUT2D eigenvalue weighted by Gasteiger charge is -2.36. The predicted octanol–water partition coefficient (Wildman–Crippen LogP) is 3.81. The second-order valence-electron chi connectivity index (χ2n) is 8.58. The van der Waals surface area contributed by atoms with Crippen LogP contribution in [-0.4, -0.2) is 51.6 Å². The Morgan fingerprint density at radius 2 is 1.83 bits per heavy atom. The molecule has 1 aliphatic carbocycles. The van der Waals surface area contributed by atoms with Crippen molar-refractivity contribution in [3.63, 3.8) is 0 Å². The topological polar surface area (TPSA) is 53.7 Å². The molecule has 0 atom stereocenters. The van der Waals surface area contributed by atoms with Crippen molar-refractivity contribution in [3.8, 4) is 0 Å². The van der Waals surface area contributed by atoms with E-state index in [9.17, 15) is 4.79 Å². The van der Waals surface area contributed by atoms with E-state index in [-0.39, 0.29) is 0 Å². The summed E-state index contributed by atoms with van der Waals surface area (Å²) < 4.78 is 1.93. The van der Waals surface area contributed by atoms with Crippen molar-refractivity contribution >= 4 is 28.3 Å². The number of aryl methyl sites for hydroxylation is 1. The van der Waals surface area contributed by atoms with Gasteiger partial charge in [0.2, 0.25) is 5.91 Å². The monoisotopic (exact) mass is 391 g/mol. The smallest absolute Gasteiger partial charge is 0.222 e. The summed E-state index contributed by atoms with van der Waals surface area (Å²) in [5.74, 6) is 1.95. The molecule has 6 heteroatoms. The van der Waals surface area contributed by atoms with Crippen LogP contribution in [0.3, 0.4) is 0 Å².